The topological polar surface area (TPSA) is 55.6 Å². The van der Waals surface area contributed by atoms with Gasteiger partial charge in [-0.2, -0.15) is 0 Å². The number of nitrogens with two attached hydrogens (primary N) is 1. The number of rotatable bonds is 5. The van der Waals surface area contributed by atoms with Crippen molar-refractivity contribution in [3.8, 4) is 5.75 Å². The largest absolute Gasteiger partial charge is 0.483 e. The van der Waals surface area contributed by atoms with Crippen LogP contribution in [0.3, 0.4) is 0 Å². The fourth-order valence-corrected chi connectivity index (χ4v) is 1.31. The molecule has 0 heterocycles. The summed E-state index contributed by atoms with van der Waals surface area (Å²) < 4.78 is 18.4. The highest BCUT2D eigenvalue weighted by molar-refractivity contribution is 5.77. The molecule has 1 rings (SSSR count). The van der Waals surface area contributed by atoms with Crippen LogP contribution >= 0.6 is 0 Å². The van der Waals surface area contributed by atoms with Gasteiger partial charge in [0.2, 0.25) is 0 Å². The smallest absolute Gasteiger partial charge is 0.259 e. The van der Waals surface area contributed by atoms with Crippen LogP contribution in [0.25, 0.3) is 0 Å². The van der Waals surface area contributed by atoms with Crippen molar-refractivity contribution in [2.24, 2.45) is 5.73 Å². The molecular weight excluding hydrogens is 223 g/mol. The zero-order chi connectivity index (χ0) is 12.8. The van der Waals surface area contributed by atoms with Crippen molar-refractivity contribution >= 4 is 5.91 Å². The Kier molecular flexibility index (Phi) is 4.90. The second-order valence-electron chi connectivity index (χ2n) is 3.87. The van der Waals surface area contributed by atoms with Gasteiger partial charge in [-0.1, -0.05) is 0 Å². The van der Waals surface area contributed by atoms with Crippen LogP contribution in [0.2, 0.25) is 0 Å². The maximum Gasteiger partial charge on any atom is 0.259 e. The molecule has 94 valence electrons. The first kappa shape index (κ1) is 13.4. The Labute approximate surface area is 100 Å². The van der Waals surface area contributed by atoms with Crippen LogP contribution in [-0.4, -0.2) is 38.1 Å². The standard InChI is InChI=1S/C12H17FN2O2/c1-15(2)12(16)8-17-11-4-3-10(13)7-9(11)5-6-14/h3-4,7H,5-6,8,14H2,1-2H3. The summed E-state index contributed by atoms with van der Waals surface area (Å²) in [5.41, 5.74) is 6.11. The molecule has 0 aliphatic rings. The molecule has 0 aromatic heterocycles. The molecule has 0 radical (unpaired) electrons. The minimum atomic E-state index is -0.334. The van der Waals surface area contributed by atoms with Crippen molar-refractivity contribution in [2.75, 3.05) is 27.2 Å². The third-order valence-electron chi connectivity index (χ3n) is 2.29. The summed E-state index contributed by atoms with van der Waals surface area (Å²) in [6.07, 6.45) is 0.517. The van der Waals surface area contributed by atoms with E-state index in [4.69, 9.17) is 10.5 Å². The fourth-order valence-electron chi connectivity index (χ4n) is 1.31. The van der Waals surface area contributed by atoms with E-state index in [1.165, 1.54) is 23.1 Å². The van der Waals surface area contributed by atoms with Gasteiger partial charge < -0.3 is 15.4 Å². The lowest BCUT2D eigenvalue weighted by Crippen LogP contribution is -2.27. The van der Waals surface area contributed by atoms with Gasteiger partial charge in [-0.05, 0) is 36.7 Å². The Morgan fingerprint density at radius 2 is 2.18 bits per heavy atom. The summed E-state index contributed by atoms with van der Waals surface area (Å²) in [6, 6.07) is 4.20. The van der Waals surface area contributed by atoms with Gasteiger partial charge in [-0.25, -0.2) is 4.39 Å². The van der Waals surface area contributed by atoms with E-state index in [0.29, 0.717) is 24.3 Å². The quantitative estimate of drug-likeness (QED) is 0.828. The molecule has 0 aliphatic heterocycles. The summed E-state index contributed by atoms with van der Waals surface area (Å²) in [6.45, 7) is 0.345. The Morgan fingerprint density at radius 3 is 2.76 bits per heavy atom. The summed E-state index contributed by atoms with van der Waals surface area (Å²) in [5, 5.41) is 0. The van der Waals surface area contributed by atoms with E-state index < -0.39 is 0 Å². The summed E-state index contributed by atoms with van der Waals surface area (Å²) in [7, 11) is 3.30. The number of nitrogens with zero attached hydrogens (tertiary/aromatic N) is 1. The number of carbonyl (C=O) groups is 1. The van der Waals surface area contributed by atoms with E-state index >= 15 is 0 Å². The Hall–Kier alpha value is -1.62. The van der Waals surface area contributed by atoms with Gasteiger partial charge >= 0.3 is 0 Å². The Balaban J connectivity index is 2.72. The maximum absolute atomic E-state index is 13.0. The Bertz CT molecular complexity index is 394. The van der Waals surface area contributed by atoms with Crippen LogP contribution in [0.4, 0.5) is 4.39 Å². The third kappa shape index (κ3) is 4.03. The van der Waals surface area contributed by atoms with Gasteiger partial charge in [0.1, 0.15) is 11.6 Å². The van der Waals surface area contributed by atoms with E-state index in [2.05, 4.69) is 0 Å². The van der Waals surface area contributed by atoms with Crippen molar-refractivity contribution in [1.29, 1.82) is 0 Å². The van der Waals surface area contributed by atoms with E-state index in [1.807, 2.05) is 0 Å². The van der Waals surface area contributed by atoms with E-state index in [9.17, 15) is 9.18 Å². The molecule has 0 aliphatic carbocycles. The molecule has 4 nitrogen and oxygen atoms in total. The molecule has 0 unspecified atom stereocenters. The van der Waals surface area contributed by atoms with Crippen LogP contribution < -0.4 is 10.5 Å². The molecule has 0 spiro atoms. The van der Waals surface area contributed by atoms with E-state index in [-0.39, 0.29) is 18.3 Å². The molecule has 0 bridgehead atoms. The molecule has 1 aromatic rings. The normalized spacial score (nSPS) is 10.1. The van der Waals surface area contributed by atoms with Crippen LogP contribution in [0.15, 0.2) is 18.2 Å². The van der Waals surface area contributed by atoms with Crippen LogP contribution in [0.5, 0.6) is 5.75 Å². The molecule has 5 heteroatoms. The number of halogens is 1. The highest BCUT2D eigenvalue weighted by Crippen LogP contribution is 2.20. The molecule has 0 saturated heterocycles. The zero-order valence-corrected chi connectivity index (χ0v) is 10.1. The van der Waals surface area contributed by atoms with Gasteiger partial charge in [0.05, 0.1) is 0 Å². The lowest BCUT2D eigenvalue weighted by atomic mass is 10.1. The van der Waals surface area contributed by atoms with Gasteiger partial charge in [-0.3, -0.25) is 4.79 Å². The average molecular weight is 240 g/mol. The van der Waals surface area contributed by atoms with Gasteiger partial charge in [0.15, 0.2) is 6.61 Å². The summed E-state index contributed by atoms with van der Waals surface area (Å²) >= 11 is 0. The van der Waals surface area contributed by atoms with Gasteiger partial charge in [0, 0.05) is 14.1 Å². The fraction of sp³-hybridized carbons (Fsp3) is 0.417. The van der Waals surface area contributed by atoms with Crippen molar-refractivity contribution < 1.29 is 13.9 Å². The number of amides is 1. The van der Waals surface area contributed by atoms with Crippen LogP contribution in [0.1, 0.15) is 5.56 Å². The van der Waals surface area contributed by atoms with Crippen molar-refractivity contribution in [1.82, 2.24) is 4.90 Å². The van der Waals surface area contributed by atoms with E-state index in [1.54, 1.807) is 14.1 Å². The molecule has 17 heavy (non-hydrogen) atoms. The SMILES string of the molecule is CN(C)C(=O)COc1ccc(F)cc1CCN. The van der Waals surface area contributed by atoms with Gasteiger partial charge in [0.25, 0.3) is 5.91 Å². The first-order valence-electron chi connectivity index (χ1n) is 5.36. The predicted octanol–water partition coefficient (Wildman–Crippen LogP) is 0.794. The second-order valence-corrected chi connectivity index (χ2v) is 3.87. The first-order chi connectivity index (χ1) is 8.04. The maximum atomic E-state index is 13.0. The minimum Gasteiger partial charge on any atom is -0.483 e. The second kappa shape index (κ2) is 6.20. The molecule has 2 N–H and O–H groups in total. The third-order valence-corrected chi connectivity index (χ3v) is 2.29. The number of benzene rings is 1. The average Bonchev–Trinajstić information content (AvgIpc) is 2.28. The summed E-state index contributed by atoms with van der Waals surface area (Å²) in [4.78, 5) is 12.8. The highest BCUT2D eigenvalue weighted by atomic mass is 19.1. The summed E-state index contributed by atoms with van der Waals surface area (Å²) in [5.74, 6) is 0.0276. The monoisotopic (exact) mass is 240 g/mol. The lowest BCUT2D eigenvalue weighted by molar-refractivity contribution is -0.130. The molecule has 1 aromatic carbocycles. The number of likely N-dealkylation sites (N-methyl/N-ethyl adjacent to an activating group) is 1. The van der Waals surface area contributed by atoms with Crippen LogP contribution in [0, 0.1) is 5.82 Å². The molecule has 1 amide bonds. The Morgan fingerprint density at radius 1 is 1.47 bits per heavy atom. The lowest BCUT2D eigenvalue weighted by Gasteiger charge is -2.13. The van der Waals surface area contributed by atoms with Crippen LogP contribution in [-0.2, 0) is 11.2 Å². The molecular formula is C12H17FN2O2. The minimum absolute atomic E-state index is 0.0593. The molecule has 0 atom stereocenters. The molecule has 0 saturated carbocycles. The number of carbonyl (C=O) groups excluding carboxylic acids is 1. The van der Waals surface area contributed by atoms with Crippen molar-refractivity contribution in [2.45, 2.75) is 6.42 Å². The highest BCUT2D eigenvalue weighted by Gasteiger charge is 2.08. The van der Waals surface area contributed by atoms with E-state index in [0.717, 1.165) is 0 Å². The molecule has 0 fully saturated rings. The van der Waals surface area contributed by atoms with Crippen molar-refractivity contribution in [3.05, 3.63) is 29.6 Å². The number of ether oxygens (including phenoxy) is 1. The predicted molar refractivity (Wildman–Crippen MR) is 63.3 cm³/mol. The first-order valence-corrected chi connectivity index (χ1v) is 5.36. The number of hydrogen-bond acceptors (Lipinski definition) is 3. The zero-order valence-electron chi connectivity index (χ0n) is 10.1. The number of hydrogen-bond donors (Lipinski definition) is 1. The van der Waals surface area contributed by atoms with Gasteiger partial charge in [-0.15, -0.1) is 0 Å². The van der Waals surface area contributed by atoms with Crippen molar-refractivity contribution in [3.63, 3.8) is 0 Å².